The van der Waals surface area contributed by atoms with Crippen LogP contribution in [0.3, 0.4) is 0 Å². The van der Waals surface area contributed by atoms with Crippen LogP contribution in [0.5, 0.6) is 0 Å². The first-order valence-corrected chi connectivity index (χ1v) is 36.6. The molecular formula is C72H136N2O7P+. The molecule has 0 aromatic carbocycles. The van der Waals surface area contributed by atoms with Crippen molar-refractivity contribution >= 4 is 19.7 Å². The summed E-state index contributed by atoms with van der Waals surface area (Å²) in [6, 6.07) is -0.862. The van der Waals surface area contributed by atoms with E-state index in [-0.39, 0.29) is 31.5 Å². The summed E-state index contributed by atoms with van der Waals surface area (Å²) in [7, 11) is 1.49. The Kier molecular flexibility index (Phi) is 60.1. The normalized spacial score (nSPS) is 13.9. The van der Waals surface area contributed by atoms with Gasteiger partial charge in [0.2, 0.25) is 5.91 Å². The number of rotatable bonds is 64. The van der Waals surface area contributed by atoms with Crippen LogP contribution in [0, 0.1) is 0 Å². The van der Waals surface area contributed by atoms with Crippen LogP contribution in [0.2, 0.25) is 0 Å². The lowest BCUT2D eigenvalue weighted by Crippen LogP contribution is -2.47. The van der Waals surface area contributed by atoms with Gasteiger partial charge in [-0.3, -0.25) is 18.6 Å². The molecule has 2 N–H and O–H groups in total. The van der Waals surface area contributed by atoms with Gasteiger partial charge in [0.05, 0.1) is 33.8 Å². The summed E-state index contributed by atoms with van der Waals surface area (Å²) < 4.78 is 30.8. The largest absolute Gasteiger partial charge is 0.472 e. The Morgan fingerprint density at radius 1 is 0.427 bits per heavy atom. The number of amides is 1. The van der Waals surface area contributed by atoms with Gasteiger partial charge in [0, 0.05) is 12.8 Å². The highest BCUT2D eigenvalue weighted by atomic mass is 31.2. The number of nitrogens with zero attached hydrogens (tertiary/aromatic N) is 1. The molecular weight excluding hydrogens is 1040 g/mol. The van der Waals surface area contributed by atoms with Crippen molar-refractivity contribution in [3.05, 3.63) is 60.8 Å². The molecule has 0 radical (unpaired) electrons. The van der Waals surface area contributed by atoms with Crippen LogP contribution in [-0.4, -0.2) is 74.3 Å². The molecule has 0 fully saturated rings. The van der Waals surface area contributed by atoms with E-state index < -0.39 is 20.0 Å². The molecule has 82 heavy (non-hydrogen) atoms. The maximum atomic E-state index is 13.6. The van der Waals surface area contributed by atoms with E-state index in [9.17, 15) is 19.0 Å². The number of hydrogen-bond acceptors (Lipinski definition) is 6. The fraction of sp³-hybridized carbons (Fsp3) is 0.833. The van der Waals surface area contributed by atoms with Crippen LogP contribution in [0.1, 0.15) is 335 Å². The van der Waals surface area contributed by atoms with Crippen LogP contribution in [0.25, 0.3) is 0 Å². The molecule has 0 aromatic heterocycles. The topological polar surface area (TPSA) is 111 Å². The van der Waals surface area contributed by atoms with Gasteiger partial charge in [0.15, 0.2) is 0 Å². The number of allylic oxidation sites excluding steroid dienone is 9. The van der Waals surface area contributed by atoms with E-state index in [1.54, 1.807) is 0 Å². The quantitative estimate of drug-likeness (QED) is 0.0205. The molecule has 480 valence electrons. The van der Waals surface area contributed by atoms with Crippen LogP contribution >= 0.6 is 7.82 Å². The zero-order chi connectivity index (χ0) is 60.0. The second kappa shape index (κ2) is 61.8. The predicted molar refractivity (Wildman–Crippen MR) is 355 cm³/mol. The molecule has 0 rings (SSSR count). The van der Waals surface area contributed by atoms with Crippen molar-refractivity contribution in [1.82, 2.24) is 5.32 Å². The van der Waals surface area contributed by atoms with Crippen LogP contribution in [-0.2, 0) is 27.9 Å². The molecule has 0 aliphatic heterocycles. The average Bonchev–Trinajstić information content (AvgIpc) is 3.44. The zero-order valence-corrected chi connectivity index (χ0v) is 55.9. The first-order chi connectivity index (χ1) is 39.9. The van der Waals surface area contributed by atoms with Gasteiger partial charge >= 0.3 is 13.8 Å². The number of esters is 1. The summed E-state index contributed by atoms with van der Waals surface area (Å²) in [6.45, 7) is 7.00. The lowest BCUT2D eigenvalue weighted by molar-refractivity contribution is -0.870. The molecule has 3 unspecified atom stereocenters. The number of phosphoric acid groups is 1. The van der Waals surface area contributed by atoms with E-state index in [1.165, 1.54) is 218 Å². The first kappa shape index (κ1) is 79.7. The number of nitrogens with one attached hydrogen (secondary N) is 1. The Morgan fingerprint density at radius 3 is 1.15 bits per heavy atom. The van der Waals surface area contributed by atoms with Gasteiger partial charge in [0.1, 0.15) is 19.3 Å². The minimum Gasteiger partial charge on any atom is -0.456 e. The lowest BCUT2D eigenvalue weighted by atomic mass is 10.0. The fourth-order valence-corrected chi connectivity index (χ4v) is 11.0. The zero-order valence-electron chi connectivity index (χ0n) is 55.0. The third-order valence-corrected chi connectivity index (χ3v) is 16.7. The van der Waals surface area contributed by atoms with Gasteiger partial charge < -0.3 is 19.4 Å². The van der Waals surface area contributed by atoms with Crippen LogP contribution < -0.4 is 5.32 Å². The number of likely N-dealkylation sites (N-methyl/N-ethyl adjacent to an activating group) is 1. The number of unbranched alkanes of at least 4 members (excludes halogenated alkanes) is 40. The fourth-order valence-electron chi connectivity index (χ4n) is 10.3. The minimum absolute atomic E-state index is 0.0352. The molecule has 0 saturated heterocycles. The SMILES string of the molecule is CCCCC/C=C\C/C=C\C/C=C\C/C=C\CCCCCC(=O)OC(/C=C/CCCCCCCCCCCC)C(COP(=O)(O)OCC[N+](C)(C)C)NC(=O)CCCCCCCCCCCCCCCCCCCCCCCCCCC. The lowest BCUT2D eigenvalue weighted by Gasteiger charge is -2.27. The number of hydrogen-bond donors (Lipinski definition) is 2. The van der Waals surface area contributed by atoms with E-state index in [2.05, 4.69) is 74.7 Å². The van der Waals surface area contributed by atoms with E-state index in [1.807, 2.05) is 33.3 Å². The van der Waals surface area contributed by atoms with Crippen LogP contribution in [0.4, 0.5) is 0 Å². The summed E-state index contributed by atoms with van der Waals surface area (Å²) >= 11 is 0. The second-order valence-electron chi connectivity index (χ2n) is 25.1. The monoisotopic (exact) mass is 1170 g/mol. The van der Waals surface area contributed by atoms with Gasteiger partial charge in [0.25, 0.3) is 0 Å². The van der Waals surface area contributed by atoms with E-state index in [0.717, 1.165) is 77.0 Å². The molecule has 0 bridgehead atoms. The smallest absolute Gasteiger partial charge is 0.456 e. The molecule has 0 saturated carbocycles. The number of phosphoric ester groups is 1. The Balaban J connectivity index is 5.09. The Hall–Kier alpha value is -2.29. The molecule has 0 spiro atoms. The number of carbonyl (C=O) groups excluding carboxylic acids is 2. The third kappa shape index (κ3) is 62.2. The average molecular weight is 1170 g/mol. The predicted octanol–water partition coefficient (Wildman–Crippen LogP) is 22.2. The Labute approximate surface area is 509 Å². The van der Waals surface area contributed by atoms with E-state index in [0.29, 0.717) is 23.9 Å². The summed E-state index contributed by atoms with van der Waals surface area (Å²) in [6.07, 6.45) is 79.5. The highest BCUT2D eigenvalue weighted by Gasteiger charge is 2.30. The standard InChI is InChI=1S/C72H135N2O7P/c1-7-10-13-16-19-22-25-28-30-32-34-35-36-37-38-39-41-42-44-46-49-52-55-58-61-64-71(75)73-69(68-80-82(77,78)79-67-66-74(4,5)6)70(63-60-57-54-51-48-27-24-21-18-15-12-9-3)81-72(76)65-62-59-56-53-50-47-45-43-40-33-31-29-26-23-20-17-14-11-8-2/h20,23,29,31,40,43,47,50,60,63,69-70H,7-19,21-22,24-28,30,32-39,41-42,44-46,48-49,51-59,61-62,64-68H2,1-6H3,(H-,73,75,77,78)/p+1/b23-20-,31-29-,43-40-,50-47-,63-60+. The summed E-state index contributed by atoms with van der Waals surface area (Å²) in [5.41, 5.74) is 0. The Morgan fingerprint density at radius 2 is 0.744 bits per heavy atom. The van der Waals surface area contributed by atoms with Gasteiger partial charge in [-0.15, -0.1) is 0 Å². The van der Waals surface area contributed by atoms with Crippen molar-refractivity contribution in [2.45, 2.75) is 348 Å². The highest BCUT2D eigenvalue weighted by Crippen LogP contribution is 2.43. The highest BCUT2D eigenvalue weighted by molar-refractivity contribution is 7.47. The maximum absolute atomic E-state index is 13.6. The Bertz CT molecular complexity index is 1590. The maximum Gasteiger partial charge on any atom is 0.472 e. The van der Waals surface area contributed by atoms with Gasteiger partial charge in [-0.2, -0.15) is 0 Å². The molecule has 1 amide bonds. The molecule has 0 aliphatic carbocycles. The number of quaternary nitrogens is 1. The van der Waals surface area contributed by atoms with Gasteiger partial charge in [-0.25, -0.2) is 4.57 Å². The van der Waals surface area contributed by atoms with Crippen molar-refractivity contribution < 1.29 is 37.3 Å². The van der Waals surface area contributed by atoms with Crippen molar-refractivity contribution in [1.29, 1.82) is 0 Å². The number of ether oxygens (including phenoxy) is 1. The van der Waals surface area contributed by atoms with Crippen molar-refractivity contribution in [3.8, 4) is 0 Å². The van der Waals surface area contributed by atoms with Crippen LogP contribution in [0.15, 0.2) is 60.8 Å². The molecule has 3 atom stereocenters. The van der Waals surface area contributed by atoms with Crippen molar-refractivity contribution in [2.24, 2.45) is 0 Å². The molecule has 9 nitrogen and oxygen atoms in total. The van der Waals surface area contributed by atoms with E-state index in [4.69, 9.17) is 13.8 Å². The minimum atomic E-state index is -4.46. The first-order valence-electron chi connectivity index (χ1n) is 35.1. The molecule has 10 heteroatoms. The van der Waals surface area contributed by atoms with Gasteiger partial charge in [-0.1, -0.05) is 307 Å². The van der Waals surface area contributed by atoms with Gasteiger partial charge in [-0.05, 0) is 76.7 Å². The summed E-state index contributed by atoms with van der Waals surface area (Å²) in [5.74, 6) is -0.528. The number of carbonyl (C=O) groups is 2. The van der Waals surface area contributed by atoms with E-state index >= 15 is 0 Å². The molecule has 0 aliphatic rings. The van der Waals surface area contributed by atoms with Crippen molar-refractivity contribution in [2.75, 3.05) is 40.9 Å². The summed E-state index contributed by atoms with van der Waals surface area (Å²) in [5, 5.41) is 3.06. The summed E-state index contributed by atoms with van der Waals surface area (Å²) in [4.78, 5) is 37.8. The second-order valence-corrected chi connectivity index (χ2v) is 26.5. The molecule has 0 heterocycles. The molecule has 0 aromatic rings. The third-order valence-electron chi connectivity index (χ3n) is 15.7. The van der Waals surface area contributed by atoms with Crippen molar-refractivity contribution in [3.63, 3.8) is 0 Å².